The van der Waals surface area contributed by atoms with Gasteiger partial charge >= 0.3 is 5.97 Å². The number of carbonyl (C=O) groups excluding carboxylic acids is 1. The van der Waals surface area contributed by atoms with Gasteiger partial charge in [-0.25, -0.2) is 0 Å². The molecule has 0 bridgehead atoms. The van der Waals surface area contributed by atoms with E-state index in [1.54, 1.807) is 0 Å². The molecule has 2 atom stereocenters. The third-order valence-electron chi connectivity index (χ3n) is 2.02. The van der Waals surface area contributed by atoms with Crippen molar-refractivity contribution in [1.82, 2.24) is 10.7 Å². The summed E-state index contributed by atoms with van der Waals surface area (Å²) in [5, 5.41) is 11.5. The van der Waals surface area contributed by atoms with Crippen LogP contribution in [0, 0.1) is 0 Å². The van der Waals surface area contributed by atoms with Crippen LogP contribution >= 0.6 is 0 Å². The van der Waals surface area contributed by atoms with Crippen molar-refractivity contribution in [3.8, 4) is 0 Å². The van der Waals surface area contributed by atoms with E-state index in [4.69, 9.17) is 10.9 Å². The molecule has 0 saturated heterocycles. The fourth-order valence-electron chi connectivity index (χ4n) is 1.29. The van der Waals surface area contributed by atoms with E-state index in [1.807, 2.05) is 6.92 Å². The summed E-state index contributed by atoms with van der Waals surface area (Å²) in [7, 11) is 0. The number of aliphatic carboxylic acids is 1. The third-order valence-corrected chi connectivity index (χ3v) is 2.02. The van der Waals surface area contributed by atoms with Crippen molar-refractivity contribution in [3.05, 3.63) is 0 Å². The summed E-state index contributed by atoms with van der Waals surface area (Å²) in [5.41, 5.74) is 2.53. The highest BCUT2D eigenvalue weighted by molar-refractivity contribution is 5.73. The molecule has 0 heterocycles. The molecule has 6 heteroatoms. The van der Waals surface area contributed by atoms with Crippen LogP contribution in [0.2, 0.25) is 0 Å². The second-order valence-electron chi connectivity index (χ2n) is 3.50. The van der Waals surface area contributed by atoms with Gasteiger partial charge in [0.05, 0.1) is 12.5 Å². The SMILES string of the molecule is C[C@@H](CCCNN)NC(C=O)CC(=O)O. The van der Waals surface area contributed by atoms with E-state index in [2.05, 4.69) is 10.7 Å². The van der Waals surface area contributed by atoms with Gasteiger partial charge < -0.3 is 15.2 Å². The molecular formula is C9H19N3O3. The first kappa shape index (κ1) is 14.0. The van der Waals surface area contributed by atoms with E-state index >= 15 is 0 Å². The first-order valence-corrected chi connectivity index (χ1v) is 4.96. The Morgan fingerprint density at radius 3 is 2.73 bits per heavy atom. The maximum atomic E-state index is 10.5. The molecule has 0 spiro atoms. The normalized spacial score (nSPS) is 14.5. The Hall–Kier alpha value is -0.980. The molecule has 1 unspecified atom stereocenters. The Bertz CT molecular complexity index is 199. The van der Waals surface area contributed by atoms with Crippen molar-refractivity contribution in [2.45, 2.75) is 38.3 Å². The van der Waals surface area contributed by atoms with Crippen LogP contribution in [-0.2, 0) is 9.59 Å². The largest absolute Gasteiger partial charge is 0.481 e. The zero-order chi connectivity index (χ0) is 11.7. The van der Waals surface area contributed by atoms with Crippen molar-refractivity contribution in [1.29, 1.82) is 0 Å². The van der Waals surface area contributed by atoms with E-state index in [0.717, 1.165) is 12.8 Å². The lowest BCUT2D eigenvalue weighted by Gasteiger charge is -2.17. The van der Waals surface area contributed by atoms with Crippen molar-refractivity contribution >= 4 is 12.3 Å². The summed E-state index contributed by atoms with van der Waals surface area (Å²) in [4.78, 5) is 20.9. The number of aldehydes is 1. The van der Waals surface area contributed by atoms with Crippen LogP contribution in [0.5, 0.6) is 0 Å². The van der Waals surface area contributed by atoms with Gasteiger partial charge in [0.25, 0.3) is 0 Å². The average Bonchev–Trinajstić information content (AvgIpc) is 2.16. The van der Waals surface area contributed by atoms with Crippen LogP contribution in [-0.4, -0.2) is 36.0 Å². The van der Waals surface area contributed by atoms with E-state index in [-0.39, 0.29) is 12.5 Å². The molecule has 0 aromatic heterocycles. The molecule has 0 saturated carbocycles. The Balaban J connectivity index is 3.74. The first-order valence-electron chi connectivity index (χ1n) is 4.96. The van der Waals surface area contributed by atoms with Crippen molar-refractivity contribution in [2.75, 3.05) is 6.54 Å². The highest BCUT2D eigenvalue weighted by Gasteiger charge is 2.14. The highest BCUT2D eigenvalue weighted by Crippen LogP contribution is 1.98. The van der Waals surface area contributed by atoms with Crippen molar-refractivity contribution in [2.24, 2.45) is 5.84 Å². The number of hydrogen-bond donors (Lipinski definition) is 4. The number of hydrazine groups is 1. The van der Waals surface area contributed by atoms with E-state index < -0.39 is 12.0 Å². The number of carboxylic acids is 1. The lowest BCUT2D eigenvalue weighted by atomic mass is 10.1. The van der Waals surface area contributed by atoms with Crippen molar-refractivity contribution < 1.29 is 14.7 Å². The van der Waals surface area contributed by atoms with Crippen LogP contribution in [0.4, 0.5) is 0 Å². The average molecular weight is 217 g/mol. The van der Waals surface area contributed by atoms with Gasteiger partial charge in [-0.05, 0) is 19.8 Å². The van der Waals surface area contributed by atoms with Gasteiger partial charge in [-0.15, -0.1) is 0 Å². The molecule has 6 nitrogen and oxygen atoms in total. The zero-order valence-corrected chi connectivity index (χ0v) is 8.90. The molecule has 88 valence electrons. The van der Waals surface area contributed by atoms with Crippen molar-refractivity contribution in [3.63, 3.8) is 0 Å². The Morgan fingerprint density at radius 2 is 2.27 bits per heavy atom. The predicted octanol–water partition coefficient (Wildman–Crippen LogP) is -0.750. The molecule has 0 aromatic carbocycles. The Kier molecular flexibility index (Phi) is 7.79. The number of carboxylic acid groups (broad SMARTS) is 1. The minimum absolute atomic E-state index is 0.105. The number of hydrogen-bond acceptors (Lipinski definition) is 5. The van der Waals surface area contributed by atoms with Crippen LogP contribution < -0.4 is 16.6 Å². The third kappa shape index (κ3) is 8.04. The monoisotopic (exact) mass is 217 g/mol. The standard InChI is InChI=1S/C9H19N3O3/c1-7(3-2-4-11-10)12-8(6-13)5-9(14)15/h6-8,11-12H,2-5,10H2,1H3,(H,14,15)/t7-,8?/m0/s1. The van der Waals surface area contributed by atoms with Gasteiger partial charge in [-0.2, -0.15) is 0 Å². The molecule has 0 fully saturated rings. The quantitative estimate of drug-likeness (QED) is 0.175. The van der Waals surface area contributed by atoms with Gasteiger partial charge in [0.15, 0.2) is 0 Å². The number of nitrogens with one attached hydrogen (secondary N) is 2. The molecule has 5 N–H and O–H groups in total. The maximum Gasteiger partial charge on any atom is 0.305 e. The topological polar surface area (TPSA) is 104 Å². The van der Waals surface area contributed by atoms with Crippen LogP contribution in [0.15, 0.2) is 0 Å². The number of rotatable bonds is 9. The summed E-state index contributed by atoms with van der Waals surface area (Å²) in [6, 6.07) is -0.503. The van der Waals surface area contributed by atoms with E-state index in [9.17, 15) is 9.59 Å². The molecule has 15 heavy (non-hydrogen) atoms. The second-order valence-corrected chi connectivity index (χ2v) is 3.50. The van der Waals surface area contributed by atoms with Crippen LogP contribution in [0.25, 0.3) is 0 Å². The van der Waals surface area contributed by atoms with E-state index in [0.29, 0.717) is 12.8 Å². The zero-order valence-electron chi connectivity index (χ0n) is 8.90. The Labute approximate surface area is 89.2 Å². The fraction of sp³-hybridized carbons (Fsp3) is 0.778. The maximum absolute atomic E-state index is 10.5. The summed E-state index contributed by atoms with van der Waals surface area (Å²) in [5.74, 6) is 4.13. The summed E-state index contributed by atoms with van der Waals surface area (Å²) in [6.45, 7) is 2.62. The van der Waals surface area contributed by atoms with Crippen LogP contribution in [0.1, 0.15) is 26.2 Å². The summed E-state index contributed by atoms with van der Waals surface area (Å²) in [6.07, 6.45) is 2.17. The van der Waals surface area contributed by atoms with Gasteiger partial charge in [0.2, 0.25) is 0 Å². The molecule has 0 radical (unpaired) electrons. The molecule has 0 amide bonds. The minimum atomic E-state index is -0.976. The van der Waals surface area contributed by atoms with Gasteiger partial charge in [0.1, 0.15) is 6.29 Å². The number of carbonyl (C=O) groups is 2. The number of nitrogens with two attached hydrogens (primary N) is 1. The fourth-order valence-corrected chi connectivity index (χ4v) is 1.29. The molecule has 0 aliphatic carbocycles. The second kappa shape index (κ2) is 8.34. The molecule has 0 aromatic rings. The van der Waals surface area contributed by atoms with Gasteiger partial charge in [0, 0.05) is 12.6 Å². The highest BCUT2D eigenvalue weighted by atomic mass is 16.4. The predicted molar refractivity (Wildman–Crippen MR) is 56.1 cm³/mol. The lowest BCUT2D eigenvalue weighted by Crippen LogP contribution is -2.39. The van der Waals surface area contributed by atoms with Gasteiger partial charge in [-0.3, -0.25) is 16.1 Å². The first-order chi connectivity index (χ1) is 7.10. The van der Waals surface area contributed by atoms with Crippen LogP contribution in [0.3, 0.4) is 0 Å². The summed E-state index contributed by atoms with van der Waals surface area (Å²) >= 11 is 0. The van der Waals surface area contributed by atoms with E-state index in [1.165, 1.54) is 0 Å². The molecule has 0 rings (SSSR count). The molecule has 0 aliphatic heterocycles. The Morgan fingerprint density at radius 1 is 1.60 bits per heavy atom. The van der Waals surface area contributed by atoms with Gasteiger partial charge in [-0.1, -0.05) is 0 Å². The smallest absolute Gasteiger partial charge is 0.305 e. The molecule has 0 aliphatic rings. The lowest BCUT2D eigenvalue weighted by molar-refractivity contribution is -0.138. The minimum Gasteiger partial charge on any atom is -0.481 e. The molecular weight excluding hydrogens is 198 g/mol. The summed E-state index contributed by atoms with van der Waals surface area (Å²) < 4.78 is 0.